The van der Waals surface area contributed by atoms with Gasteiger partial charge in [-0.1, -0.05) is 18.2 Å². The zero-order chi connectivity index (χ0) is 16.2. The number of pyridine rings is 1. The first-order valence-electron chi connectivity index (χ1n) is 6.79. The van der Waals surface area contributed by atoms with Crippen LogP contribution in [-0.4, -0.2) is 30.9 Å². The first kappa shape index (κ1) is 14.6. The Balaban J connectivity index is 1.81. The topological polar surface area (TPSA) is 97.5 Å². The molecule has 0 bridgehead atoms. The summed E-state index contributed by atoms with van der Waals surface area (Å²) < 4.78 is 6.72. The van der Waals surface area contributed by atoms with Gasteiger partial charge >= 0.3 is 5.97 Å². The fourth-order valence-corrected chi connectivity index (χ4v) is 2.00. The normalized spacial score (nSPS) is 10.4. The number of carboxylic acids is 1. The molecule has 2 N–H and O–H groups in total. The van der Waals surface area contributed by atoms with Crippen LogP contribution in [0.5, 0.6) is 11.6 Å². The van der Waals surface area contributed by atoms with E-state index in [1.807, 2.05) is 30.3 Å². The van der Waals surface area contributed by atoms with Crippen LogP contribution in [-0.2, 0) is 6.61 Å². The number of aromatic carboxylic acids is 1. The molecule has 0 aliphatic carbocycles. The van der Waals surface area contributed by atoms with Gasteiger partial charge < -0.3 is 14.9 Å². The van der Waals surface area contributed by atoms with E-state index in [9.17, 15) is 9.90 Å². The molecule has 2 aromatic heterocycles. The van der Waals surface area contributed by atoms with Gasteiger partial charge in [0.25, 0.3) is 0 Å². The molecule has 0 radical (unpaired) electrons. The first-order chi connectivity index (χ1) is 11.1. The van der Waals surface area contributed by atoms with Crippen LogP contribution in [0.2, 0.25) is 0 Å². The fraction of sp³-hybridized carbons (Fsp3) is 0.0625. The van der Waals surface area contributed by atoms with Crippen molar-refractivity contribution in [3.63, 3.8) is 0 Å². The van der Waals surface area contributed by atoms with E-state index in [4.69, 9.17) is 9.84 Å². The van der Waals surface area contributed by atoms with E-state index in [2.05, 4.69) is 10.1 Å². The molecule has 0 spiro atoms. The molecule has 0 aliphatic rings. The van der Waals surface area contributed by atoms with Gasteiger partial charge in [0.15, 0.2) is 5.82 Å². The molecule has 23 heavy (non-hydrogen) atoms. The third-order valence-electron chi connectivity index (χ3n) is 3.08. The van der Waals surface area contributed by atoms with E-state index < -0.39 is 5.97 Å². The highest BCUT2D eigenvalue weighted by molar-refractivity contribution is 5.87. The van der Waals surface area contributed by atoms with Gasteiger partial charge in [-0.2, -0.15) is 9.78 Å². The number of aromatic nitrogens is 3. The fourth-order valence-electron chi connectivity index (χ4n) is 2.00. The lowest BCUT2D eigenvalue weighted by molar-refractivity contribution is 0.0696. The van der Waals surface area contributed by atoms with Crippen molar-refractivity contribution < 1.29 is 19.7 Å². The third-order valence-corrected chi connectivity index (χ3v) is 3.08. The number of carboxylic acid groups (broad SMARTS) is 1. The SMILES string of the molecule is O=C(O)c1ccnc(-n2nc(COc3ccccc3)cc2O)c1. The molecule has 0 saturated heterocycles. The Morgan fingerprint density at radius 2 is 1.96 bits per heavy atom. The molecule has 0 saturated carbocycles. The summed E-state index contributed by atoms with van der Waals surface area (Å²) in [5.74, 6) is -0.319. The molecule has 3 aromatic rings. The maximum Gasteiger partial charge on any atom is 0.335 e. The third kappa shape index (κ3) is 3.29. The van der Waals surface area contributed by atoms with Crippen molar-refractivity contribution in [2.45, 2.75) is 6.61 Å². The minimum atomic E-state index is -1.08. The van der Waals surface area contributed by atoms with E-state index in [1.165, 1.54) is 24.4 Å². The van der Waals surface area contributed by atoms with Crippen molar-refractivity contribution in [1.82, 2.24) is 14.8 Å². The monoisotopic (exact) mass is 311 g/mol. The summed E-state index contributed by atoms with van der Waals surface area (Å²) in [4.78, 5) is 15.0. The molecule has 7 heteroatoms. The lowest BCUT2D eigenvalue weighted by Gasteiger charge is -2.04. The van der Waals surface area contributed by atoms with Crippen LogP contribution in [0, 0.1) is 0 Å². The Bertz CT molecular complexity index is 830. The standard InChI is InChI=1S/C16H13N3O4/c20-15-9-12(10-23-13-4-2-1-3-5-13)18-19(15)14-8-11(16(21)22)6-7-17-14/h1-9,20H,10H2,(H,21,22). The number of aromatic hydroxyl groups is 1. The molecule has 7 nitrogen and oxygen atoms in total. The van der Waals surface area contributed by atoms with Gasteiger partial charge in [0.05, 0.1) is 5.56 Å². The molecular weight excluding hydrogens is 298 g/mol. The maximum absolute atomic E-state index is 11.0. The van der Waals surface area contributed by atoms with Crippen molar-refractivity contribution in [1.29, 1.82) is 0 Å². The molecule has 3 rings (SSSR count). The highest BCUT2D eigenvalue weighted by Crippen LogP contribution is 2.19. The van der Waals surface area contributed by atoms with Crippen molar-refractivity contribution in [2.75, 3.05) is 0 Å². The molecule has 0 aliphatic heterocycles. The number of nitrogens with zero attached hydrogens (tertiary/aromatic N) is 3. The second-order valence-corrected chi connectivity index (χ2v) is 4.72. The molecule has 1 aromatic carbocycles. The number of benzene rings is 1. The van der Waals surface area contributed by atoms with Gasteiger partial charge in [0, 0.05) is 12.3 Å². The van der Waals surface area contributed by atoms with Crippen LogP contribution in [0.3, 0.4) is 0 Å². The Morgan fingerprint density at radius 1 is 1.17 bits per heavy atom. The predicted molar refractivity (Wildman–Crippen MR) is 80.8 cm³/mol. The average molecular weight is 311 g/mol. The van der Waals surface area contributed by atoms with Crippen LogP contribution >= 0.6 is 0 Å². The molecule has 116 valence electrons. The highest BCUT2D eigenvalue weighted by Gasteiger charge is 2.12. The summed E-state index contributed by atoms with van der Waals surface area (Å²) >= 11 is 0. The number of para-hydroxylation sites is 1. The van der Waals surface area contributed by atoms with E-state index in [0.29, 0.717) is 11.4 Å². The Kier molecular flexibility index (Phi) is 3.92. The van der Waals surface area contributed by atoms with Gasteiger partial charge in [-0.15, -0.1) is 0 Å². The summed E-state index contributed by atoms with van der Waals surface area (Å²) in [7, 11) is 0. The summed E-state index contributed by atoms with van der Waals surface area (Å²) in [6.07, 6.45) is 1.35. The van der Waals surface area contributed by atoms with Crippen molar-refractivity contribution in [3.05, 3.63) is 66.0 Å². The van der Waals surface area contributed by atoms with Crippen LogP contribution < -0.4 is 4.74 Å². The molecule has 0 atom stereocenters. The quantitative estimate of drug-likeness (QED) is 0.750. The lowest BCUT2D eigenvalue weighted by atomic mass is 10.2. The average Bonchev–Trinajstić information content (AvgIpc) is 2.95. The van der Waals surface area contributed by atoms with Crippen molar-refractivity contribution in [2.24, 2.45) is 0 Å². The van der Waals surface area contributed by atoms with Gasteiger partial charge in [0.2, 0.25) is 5.88 Å². The zero-order valence-electron chi connectivity index (χ0n) is 12.0. The maximum atomic E-state index is 11.0. The largest absolute Gasteiger partial charge is 0.493 e. The summed E-state index contributed by atoms with van der Waals surface area (Å²) in [5.41, 5.74) is 0.556. The Labute approximate surface area is 131 Å². The van der Waals surface area contributed by atoms with E-state index >= 15 is 0 Å². The van der Waals surface area contributed by atoms with Gasteiger partial charge in [-0.3, -0.25) is 0 Å². The van der Waals surface area contributed by atoms with E-state index in [-0.39, 0.29) is 23.9 Å². The molecule has 0 amide bonds. The summed E-state index contributed by atoms with van der Waals surface area (Å²) in [6.45, 7) is 0.170. The number of hydrogen-bond donors (Lipinski definition) is 2. The lowest BCUT2D eigenvalue weighted by Crippen LogP contribution is -2.04. The molecule has 2 heterocycles. The number of rotatable bonds is 5. The second kappa shape index (κ2) is 6.18. The van der Waals surface area contributed by atoms with E-state index in [0.717, 1.165) is 4.68 Å². The van der Waals surface area contributed by atoms with Gasteiger partial charge in [0.1, 0.15) is 18.1 Å². The minimum absolute atomic E-state index is 0.0620. The van der Waals surface area contributed by atoms with Crippen LogP contribution in [0.4, 0.5) is 0 Å². The van der Waals surface area contributed by atoms with Gasteiger partial charge in [-0.05, 0) is 24.3 Å². The van der Waals surface area contributed by atoms with Crippen LogP contribution in [0.15, 0.2) is 54.7 Å². The molecule has 0 unspecified atom stereocenters. The minimum Gasteiger partial charge on any atom is -0.493 e. The number of ether oxygens (including phenoxy) is 1. The van der Waals surface area contributed by atoms with Crippen LogP contribution in [0.25, 0.3) is 5.82 Å². The summed E-state index contributed by atoms with van der Waals surface area (Å²) in [5, 5.41) is 23.2. The second-order valence-electron chi connectivity index (χ2n) is 4.72. The van der Waals surface area contributed by atoms with Crippen LogP contribution in [0.1, 0.15) is 16.1 Å². The van der Waals surface area contributed by atoms with E-state index in [1.54, 1.807) is 0 Å². The summed E-state index contributed by atoms with van der Waals surface area (Å²) in [6, 6.07) is 13.4. The Hall–Kier alpha value is -3.35. The zero-order valence-corrected chi connectivity index (χ0v) is 12.0. The number of hydrogen-bond acceptors (Lipinski definition) is 5. The predicted octanol–water partition coefficient (Wildman–Crippen LogP) is 2.25. The molecule has 0 fully saturated rings. The first-order valence-corrected chi connectivity index (χ1v) is 6.79. The van der Waals surface area contributed by atoms with Gasteiger partial charge in [-0.25, -0.2) is 9.78 Å². The smallest absolute Gasteiger partial charge is 0.335 e. The number of carbonyl (C=O) groups is 1. The highest BCUT2D eigenvalue weighted by atomic mass is 16.5. The molecular formula is C16H13N3O4. The van der Waals surface area contributed by atoms with Crippen molar-refractivity contribution >= 4 is 5.97 Å². The Morgan fingerprint density at radius 3 is 2.70 bits per heavy atom. The van der Waals surface area contributed by atoms with Crippen molar-refractivity contribution in [3.8, 4) is 17.4 Å².